The van der Waals surface area contributed by atoms with E-state index < -0.39 is 12.0 Å². The van der Waals surface area contributed by atoms with Crippen molar-refractivity contribution in [2.24, 2.45) is 11.7 Å². The number of primary amides is 1. The van der Waals surface area contributed by atoms with Crippen molar-refractivity contribution >= 4 is 11.9 Å². The van der Waals surface area contributed by atoms with Gasteiger partial charge < -0.3 is 10.5 Å². The summed E-state index contributed by atoms with van der Waals surface area (Å²) >= 11 is 0. The number of carbonyl (C=O) groups excluding carboxylic acids is 2. The highest BCUT2D eigenvalue weighted by atomic mass is 16.5. The number of likely N-dealkylation sites (tertiary alicyclic amines) is 1. The van der Waals surface area contributed by atoms with Crippen LogP contribution in [-0.2, 0) is 20.7 Å². The third-order valence-corrected chi connectivity index (χ3v) is 4.60. The molecule has 23 heavy (non-hydrogen) atoms. The van der Waals surface area contributed by atoms with Crippen LogP contribution in [-0.4, -0.2) is 42.0 Å². The van der Waals surface area contributed by atoms with Gasteiger partial charge in [0.15, 0.2) is 6.10 Å². The van der Waals surface area contributed by atoms with Crippen LogP contribution in [0.4, 0.5) is 0 Å². The minimum atomic E-state index is -0.874. The number of esters is 1. The van der Waals surface area contributed by atoms with Crippen LogP contribution in [0.2, 0.25) is 0 Å². The Kier molecular flexibility index (Phi) is 6.16. The predicted molar refractivity (Wildman–Crippen MR) is 88.7 cm³/mol. The third kappa shape index (κ3) is 5.06. The van der Waals surface area contributed by atoms with E-state index in [1.54, 1.807) is 0 Å². The fourth-order valence-electron chi connectivity index (χ4n) is 2.97. The van der Waals surface area contributed by atoms with E-state index in [1.165, 1.54) is 12.5 Å². The molecule has 1 aliphatic heterocycles. The van der Waals surface area contributed by atoms with Crippen molar-refractivity contribution in [2.75, 3.05) is 13.1 Å². The van der Waals surface area contributed by atoms with Crippen molar-refractivity contribution in [3.63, 3.8) is 0 Å². The lowest BCUT2D eigenvalue weighted by molar-refractivity contribution is -0.159. The number of nitrogens with two attached hydrogens (primary N) is 1. The number of amides is 1. The van der Waals surface area contributed by atoms with E-state index in [0.717, 1.165) is 32.4 Å². The molecule has 5 heteroatoms. The molecule has 1 aromatic carbocycles. The average molecular weight is 318 g/mol. The van der Waals surface area contributed by atoms with E-state index in [1.807, 2.05) is 13.0 Å². The number of piperidine rings is 1. The molecule has 5 nitrogen and oxygen atoms in total. The number of hydrogen-bond donors (Lipinski definition) is 1. The second-order valence-corrected chi connectivity index (χ2v) is 6.33. The van der Waals surface area contributed by atoms with E-state index in [9.17, 15) is 9.59 Å². The van der Waals surface area contributed by atoms with Gasteiger partial charge in [0.25, 0.3) is 5.91 Å². The Labute approximate surface area is 137 Å². The summed E-state index contributed by atoms with van der Waals surface area (Å²) in [6.45, 7) is 5.07. The Bertz CT molecular complexity index is 524. The summed E-state index contributed by atoms with van der Waals surface area (Å²) in [7, 11) is 0. The van der Waals surface area contributed by atoms with Gasteiger partial charge in [0.2, 0.25) is 0 Å². The SMILES string of the molecule is C[C@H](OC(=O)[C@H](C)N1CCC(Cc2ccccc2)CC1)C(N)=O. The van der Waals surface area contributed by atoms with Crippen molar-refractivity contribution in [3.05, 3.63) is 35.9 Å². The molecule has 2 N–H and O–H groups in total. The van der Waals surface area contributed by atoms with Gasteiger partial charge in [0.05, 0.1) is 0 Å². The first-order valence-electron chi connectivity index (χ1n) is 8.25. The smallest absolute Gasteiger partial charge is 0.323 e. The molecule has 0 aromatic heterocycles. The van der Waals surface area contributed by atoms with Crippen molar-refractivity contribution in [1.82, 2.24) is 4.90 Å². The van der Waals surface area contributed by atoms with Gasteiger partial charge in [0, 0.05) is 0 Å². The zero-order valence-corrected chi connectivity index (χ0v) is 13.9. The Morgan fingerprint density at radius 1 is 1.22 bits per heavy atom. The summed E-state index contributed by atoms with van der Waals surface area (Å²) < 4.78 is 5.09. The highest BCUT2D eigenvalue weighted by Crippen LogP contribution is 2.23. The van der Waals surface area contributed by atoms with Gasteiger partial charge in [-0.3, -0.25) is 14.5 Å². The highest BCUT2D eigenvalue weighted by molar-refractivity contribution is 5.83. The maximum absolute atomic E-state index is 12.1. The molecule has 0 aliphatic carbocycles. The maximum atomic E-state index is 12.1. The van der Waals surface area contributed by atoms with E-state index in [4.69, 9.17) is 10.5 Å². The summed E-state index contributed by atoms with van der Waals surface area (Å²) in [6.07, 6.45) is 2.35. The number of hydrogen-bond acceptors (Lipinski definition) is 4. The quantitative estimate of drug-likeness (QED) is 0.811. The van der Waals surface area contributed by atoms with Crippen LogP contribution in [0.1, 0.15) is 32.3 Å². The topological polar surface area (TPSA) is 72.6 Å². The summed E-state index contributed by atoms with van der Waals surface area (Å²) in [6, 6.07) is 10.2. The van der Waals surface area contributed by atoms with Gasteiger partial charge in [-0.15, -0.1) is 0 Å². The number of nitrogens with zero attached hydrogens (tertiary/aromatic N) is 1. The summed E-state index contributed by atoms with van der Waals surface area (Å²) in [4.78, 5) is 25.2. The summed E-state index contributed by atoms with van der Waals surface area (Å²) in [5.74, 6) is -0.341. The summed E-state index contributed by atoms with van der Waals surface area (Å²) in [5.41, 5.74) is 6.49. The van der Waals surface area contributed by atoms with Crippen LogP contribution in [0.5, 0.6) is 0 Å². The normalized spacial score (nSPS) is 19.0. The molecule has 1 amide bonds. The molecule has 0 saturated carbocycles. The highest BCUT2D eigenvalue weighted by Gasteiger charge is 2.29. The number of ether oxygens (including phenoxy) is 1. The van der Waals surface area contributed by atoms with Crippen LogP contribution in [0.15, 0.2) is 30.3 Å². The second kappa shape index (κ2) is 8.11. The van der Waals surface area contributed by atoms with Gasteiger partial charge >= 0.3 is 5.97 Å². The van der Waals surface area contributed by atoms with Gasteiger partial charge in [0.1, 0.15) is 6.04 Å². The molecule has 1 aliphatic rings. The van der Waals surface area contributed by atoms with Crippen molar-refractivity contribution in [3.8, 4) is 0 Å². The molecule has 2 atom stereocenters. The molecule has 2 rings (SSSR count). The molecule has 0 bridgehead atoms. The lowest BCUT2D eigenvalue weighted by atomic mass is 9.89. The molecule has 1 saturated heterocycles. The fourth-order valence-corrected chi connectivity index (χ4v) is 2.97. The summed E-state index contributed by atoms with van der Waals surface area (Å²) in [5, 5.41) is 0. The minimum absolute atomic E-state index is 0.338. The zero-order valence-electron chi connectivity index (χ0n) is 13.9. The van der Waals surface area contributed by atoms with Crippen LogP contribution < -0.4 is 5.73 Å². The largest absolute Gasteiger partial charge is 0.451 e. The van der Waals surface area contributed by atoms with Crippen LogP contribution in [0.3, 0.4) is 0 Å². The molecule has 1 fully saturated rings. The van der Waals surface area contributed by atoms with Gasteiger partial charge in [-0.05, 0) is 57.7 Å². The molecule has 0 spiro atoms. The van der Waals surface area contributed by atoms with E-state index in [2.05, 4.69) is 29.2 Å². The van der Waals surface area contributed by atoms with Gasteiger partial charge in [-0.25, -0.2) is 0 Å². The molecule has 1 aromatic rings. The van der Waals surface area contributed by atoms with Crippen molar-refractivity contribution < 1.29 is 14.3 Å². The first-order chi connectivity index (χ1) is 11.0. The Balaban J connectivity index is 1.79. The Morgan fingerprint density at radius 2 is 1.83 bits per heavy atom. The molecule has 0 unspecified atom stereocenters. The number of carbonyl (C=O) groups is 2. The zero-order chi connectivity index (χ0) is 16.8. The van der Waals surface area contributed by atoms with Crippen molar-refractivity contribution in [1.29, 1.82) is 0 Å². The lowest BCUT2D eigenvalue weighted by Gasteiger charge is -2.35. The molecular formula is C18H26N2O3. The first-order valence-corrected chi connectivity index (χ1v) is 8.25. The minimum Gasteiger partial charge on any atom is -0.451 e. The number of rotatable bonds is 6. The van der Waals surface area contributed by atoms with Crippen LogP contribution >= 0.6 is 0 Å². The van der Waals surface area contributed by atoms with Crippen LogP contribution in [0.25, 0.3) is 0 Å². The van der Waals surface area contributed by atoms with Crippen LogP contribution in [0, 0.1) is 5.92 Å². The number of benzene rings is 1. The van der Waals surface area contributed by atoms with Gasteiger partial charge in [-0.2, -0.15) is 0 Å². The average Bonchev–Trinajstić information content (AvgIpc) is 2.55. The Hall–Kier alpha value is -1.88. The first kappa shape index (κ1) is 17.5. The predicted octanol–water partition coefficient (Wildman–Crippen LogP) is 1.75. The second-order valence-electron chi connectivity index (χ2n) is 6.33. The molecule has 1 heterocycles. The molecular weight excluding hydrogens is 292 g/mol. The maximum Gasteiger partial charge on any atom is 0.323 e. The monoisotopic (exact) mass is 318 g/mol. The molecule has 0 radical (unpaired) electrons. The Morgan fingerprint density at radius 3 is 2.39 bits per heavy atom. The standard InChI is InChI=1S/C18H26N2O3/c1-13(18(22)23-14(2)17(19)21)20-10-8-16(9-11-20)12-15-6-4-3-5-7-15/h3-7,13-14,16H,8-12H2,1-2H3,(H2,19,21)/t13-,14-/m0/s1. The fraction of sp³-hybridized carbons (Fsp3) is 0.556. The molecule has 126 valence electrons. The van der Waals surface area contributed by atoms with Gasteiger partial charge in [-0.1, -0.05) is 30.3 Å². The van der Waals surface area contributed by atoms with Crippen molar-refractivity contribution in [2.45, 2.75) is 45.3 Å². The third-order valence-electron chi connectivity index (χ3n) is 4.60. The lowest BCUT2D eigenvalue weighted by Crippen LogP contribution is -2.46. The van der Waals surface area contributed by atoms with E-state index >= 15 is 0 Å². The van der Waals surface area contributed by atoms with E-state index in [-0.39, 0.29) is 12.0 Å². The van der Waals surface area contributed by atoms with E-state index in [0.29, 0.717) is 5.92 Å².